The topological polar surface area (TPSA) is 40.5 Å². The molecule has 1 aromatic heterocycles. The van der Waals surface area contributed by atoms with E-state index in [0.29, 0.717) is 9.90 Å². The average Bonchev–Trinajstić information content (AvgIpc) is 2.87. The third-order valence-corrected chi connectivity index (χ3v) is 4.50. The first-order chi connectivity index (χ1) is 8.99. The molecule has 0 saturated heterocycles. The fourth-order valence-corrected chi connectivity index (χ4v) is 2.80. The van der Waals surface area contributed by atoms with Crippen molar-refractivity contribution in [2.45, 2.75) is 13.0 Å². The van der Waals surface area contributed by atoms with Gasteiger partial charge in [-0.15, -0.1) is 11.3 Å². The van der Waals surface area contributed by atoms with Crippen molar-refractivity contribution in [2.24, 2.45) is 0 Å². The molecule has 0 fully saturated rings. The van der Waals surface area contributed by atoms with Crippen LogP contribution in [0.4, 0.5) is 5.00 Å². The van der Waals surface area contributed by atoms with Crippen LogP contribution < -0.4 is 4.90 Å². The smallest absolute Gasteiger partial charge is 0.345 e. The lowest BCUT2D eigenvalue weighted by atomic mass is 10.1. The second-order valence-electron chi connectivity index (χ2n) is 4.28. The molecule has 0 spiro atoms. The Bertz CT molecular complexity index is 579. The molecule has 2 aromatic rings. The van der Waals surface area contributed by atoms with Gasteiger partial charge in [-0.3, -0.25) is 0 Å². The number of hydrogen-bond acceptors (Lipinski definition) is 3. The van der Waals surface area contributed by atoms with E-state index in [9.17, 15) is 4.79 Å². The monoisotopic (exact) mass is 295 g/mol. The maximum Gasteiger partial charge on any atom is 0.345 e. The maximum atomic E-state index is 10.9. The molecule has 0 aliphatic heterocycles. The van der Waals surface area contributed by atoms with Crippen LogP contribution in [0.3, 0.4) is 0 Å². The Morgan fingerprint density at radius 2 is 1.89 bits per heavy atom. The molecule has 1 aromatic carbocycles. The van der Waals surface area contributed by atoms with Crippen molar-refractivity contribution in [2.75, 3.05) is 11.9 Å². The standard InChI is InChI=1S/C14H14ClNO2S/c1-9(10-3-5-11(15)6-4-10)16(2)13-8-7-12(19-13)14(17)18/h3-9H,1-2H3,(H,17,18). The van der Waals surface area contributed by atoms with E-state index in [1.54, 1.807) is 6.07 Å². The summed E-state index contributed by atoms with van der Waals surface area (Å²) in [4.78, 5) is 13.3. The summed E-state index contributed by atoms with van der Waals surface area (Å²) in [5.41, 5.74) is 1.14. The van der Waals surface area contributed by atoms with Gasteiger partial charge in [0, 0.05) is 12.1 Å². The van der Waals surface area contributed by atoms with E-state index in [1.165, 1.54) is 11.3 Å². The van der Waals surface area contributed by atoms with Crippen molar-refractivity contribution >= 4 is 33.9 Å². The summed E-state index contributed by atoms with van der Waals surface area (Å²) in [6, 6.07) is 11.3. The van der Waals surface area contributed by atoms with Crippen LogP contribution in [0.2, 0.25) is 5.02 Å². The van der Waals surface area contributed by atoms with Crippen LogP contribution in [0.1, 0.15) is 28.2 Å². The fourth-order valence-electron chi connectivity index (χ4n) is 1.79. The first-order valence-electron chi connectivity index (χ1n) is 5.80. The number of carboxylic acids is 1. The van der Waals surface area contributed by atoms with Gasteiger partial charge < -0.3 is 10.0 Å². The van der Waals surface area contributed by atoms with Crippen molar-refractivity contribution in [1.29, 1.82) is 0 Å². The molecule has 0 bridgehead atoms. The molecule has 0 radical (unpaired) electrons. The van der Waals surface area contributed by atoms with Crippen LogP contribution in [0.15, 0.2) is 36.4 Å². The van der Waals surface area contributed by atoms with Gasteiger partial charge in [-0.05, 0) is 36.8 Å². The number of carboxylic acid groups (broad SMARTS) is 1. The van der Waals surface area contributed by atoms with Gasteiger partial charge in [-0.2, -0.15) is 0 Å². The molecule has 100 valence electrons. The van der Waals surface area contributed by atoms with Crippen LogP contribution in [0.5, 0.6) is 0 Å². The van der Waals surface area contributed by atoms with E-state index >= 15 is 0 Å². The summed E-state index contributed by atoms with van der Waals surface area (Å²) < 4.78 is 0. The lowest BCUT2D eigenvalue weighted by Gasteiger charge is -2.25. The maximum absolute atomic E-state index is 10.9. The van der Waals surface area contributed by atoms with E-state index in [1.807, 2.05) is 37.4 Å². The van der Waals surface area contributed by atoms with Gasteiger partial charge in [0.2, 0.25) is 0 Å². The van der Waals surface area contributed by atoms with Crippen molar-refractivity contribution in [1.82, 2.24) is 0 Å². The number of nitrogens with zero attached hydrogens (tertiary/aromatic N) is 1. The molecular formula is C14H14ClNO2S. The predicted octanol–water partition coefficient (Wildman–Crippen LogP) is 4.30. The highest BCUT2D eigenvalue weighted by Gasteiger charge is 2.15. The number of benzene rings is 1. The van der Waals surface area contributed by atoms with E-state index in [2.05, 4.69) is 11.8 Å². The van der Waals surface area contributed by atoms with Gasteiger partial charge in [0.15, 0.2) is 0 Å². The zero-order valence-electron chi connectivity index (χ0n) is 10.6. The quantitative estimate of drug-likeness (QED) is 0.914. The molecular weight excluding hydrogens is 282 g/mol. The molecule has 3 nitrogen and oxygen atoms in total. The first-order valence-corrected chi connectivity index (χ1v) is 7.00. The minimum absolute atomic E-state index is 0.151. The van der Waals surface area contributed by atoms with Crippen molar-refractivity contribution in [3.05, 3.63) is 51.9 Å². The number of carbonyl (C=O) groups is 1. The molecule has 1 N–H and O–H groups in total. The molecule has 1 heterocycles. The molecule has 0 amide bonds. The molecule has 1 atom stereocenters. The number of hydrogen-bond donors (Lipinski definition) is 1. The van der Waals surface area contributed by atoms with Gasteiger partial charge in [0.05, 0.1) is 11.0 Å². The van der Waals surface area contributed by atoms with Crippen LogP contribution in [0, 0.1) is 0 Å². The Morgan fingerprint density at radius 3 is 2.42 bits per heavy atom. The van der Waals surface area contributed by atoms with Crippen LogP contribution in [-0.4, -0.2) is 18.1 Å². The summed E-state index contributed by atoms with van der Waals surface area (Å²) >= 11 is 7.15. The lowest BCUT2D eigenvalue weighted by molar-refractivity contribution is 0.0702. The summed E-state index contributed by atoms with van der Waals surface area (Å²) in [6.07, 6.45) is 0. The molecule has 2 rings (SSSR count). The van der Waals surface area contributed by atoms with E-state index < -0.39 is 5.97 Å². The Morgan fingerprint density at radius 1 is 1.26 bits per heavy atom. The first kappa shape index (κ1) is 13.9. The van der Waals surface area contributed by atoms with E-state index in [-0.39, 0.29) is 6.04 Å². The number of anilines is 1. The van der Waals surface area contributed by atoms with Crippen molar-refractivity contribution < 1.29 is 9.90 Å². The largest absolute Gasteiger partial charge is 0.477 e. The highest BCUT2D eigenvalue weighted by Crippen LogP contribution is 2.31. The molecule has 0 aliphatic rings. The third kappa shape index (κ3) is 3.08. The Balaban J connectivity index is 2.20. The van der Waals surface area contributed by atoms with Crippen LogP contribution in [0.25, 0.3) is 0 Å². The van der Waals surface area contributed by atoms with Gasteiger partial charge in [-0.1, -0.05) is 23.7 Å². The lowest BCUT2D eigenvalue weighted by Crippen LogP contribution is -2.20. The highest BCUT2D eigenvalue weighted by atomic mass is 35.5. The van der Waals surface area contributed by atoms with Gasteiger partial charge in [-0.25, -0.2) is 4.79 Å². The summed E-state index contributed by atoms with van der Waals surface area (Å²) in [5.74, 6) is -0.885. The molecule has 1 unspecified atom stereocenters. The zero-order chi connectivity index (χ0) is 14.0. The zero-order valence-corrected chi connectivity index (χ0v) is 12.2. The van der Waals surface area contributed by atoms with E-state index in [4.69, 9.17) is 16.7 Å². The summed E-state index contributed by atoms with van der Waals surface area (Å²) in [6.45, 7) is 2.07. The van der Waals surface area contributed by atoms with Gasteiger partial charge in [0.1, 0.15) is 4.88 Å². The Hall–Kier alpha value is -1.52. The highest BCUT2D eigenvalue weighted by molar-refractivity contribution is 7.17. The second kappa shape index (κ2) is 5.63. The number of thiophene rings is 1. The summed E-state index contributed by atoms with van der Waals surface area (Å²) in [5, 5.41) is 10.6. The predicted molar refractivity (Wildman–Crippen MR) is 79.5 cm³/mol. The summed E-state index contributed by atoms with van der Waals surface area (Å²) in [7, 11) is 1.96. The third-order valence-electron chi connectivity index (χ3n) is 3.08. The fraction of sp³-hybridized carbons (Fsp3) is 0.214. The normalized spacial score (nSPS) is 12.2. The van der Waals surface area contributed by atoms with Crippen molar-refractivity contribution in [3.63, 3.8) is 0 Å². The number of halogens is 1. The number of rotatable bonds is 4. The molecule has 0 aliphatic carbocycles. The number of aromatic carboxylic acids is 1. The molecule has 5 heteroatoms. The molecule has 19 heavy (non-hydrogen) atoms. The minimum atomic E-state index is -0.885. The Kier molecular flexibility index (Phi) is 4.12. The Labute approximate surface area is 121 Å². The molecule has 0 saturated carbocycles. The van der Waals surface area contributed by atoms with Crippen LogP contribution >= 0.6 is 22.9 Å². The second-order valence-corrected chi connectivity index (χ2v) is 5.78. The van der Waals surface area contributed by atoms with Gasteiger partial charge >= 0.3 is 5.97 Å². The van der Waals surface area contributed by atoms with Crippen molar-refractivity contribution in [3.8, 4) is 0 Å². The van der Waals surface area contributed by atoms with Gasteiger partial charge in [0.25, 0.3) is 0 Å². The SMILES string of the molecule is CC(c1ccc(Cl)cc1)N(C)c1ccc(C(=O)O)s1. The minimum Gasteiger partial charge on any atom is -0.477 e. The average molecular weight is 296 g/mol. The van der Waals surface area contributed by atoms with E-state index in [0.717, 1.165) is 10.6 Å². The van der Waals surface area contributed by atoms with Crippen LogP contribution in [-0.2, 0) is 0 Å².